The highest BCUT2D eigenvalue weighted by Crippen LogP contribution is 2.19. The van der Waals surface area contributed by atoms with Crippen LogP contribution in [0.15, 0.2) is 54.6 Å². The fraction of sp³-hybridized carbons (Fsp3) is 0.176. The highest BCUT2D eigenvalue weighted by molar-refractivity contribution is 5.94. The van der Waals surface area contributed by atoms with Crippen LogP contribution in [0.2, 0.25) is 0 Å². The van der Waals surface area contributed by atoms with Crippen LogP contribution in [0.4, 0.5) is 5.69 Å². The number of anilines is 1. The quantitative estimate of drug-likeness (QED) is 0.885. The Hall–Kier alpha value is -2.62. The van der Waals surface area contributed by atoms with E-state index in [-0.39, 0.29) is 11.8 Å². The van der Waals surface area contributed by atoms with Crippen molar-refractivity contribution in [3.8, 4) is 0 Å². The van der Waals surface area contributed by atoms with Gasteiger partial charge in [0.25, 0.3) is 0 Å². The van der Waals surface area contributed by atoms with Crippen molar-refractivity contribution < 1.29 is 9.59 Å². The van der Waals surface area contributed by atoms with E-state index < -0.39 is 5.91 Å². The van der Waals surface area contributed by atoms with Gasteiger partial charge in [-0.05, 0) is 35.7 Å². The maximum absolute atomic E-state index is 12.0. The lowest BCUT2D eigenvalue weighted by molar-refractivity contribution is -0.116. The van der Waals surface area contributed by atoms with Crippen LogP contribution < -0.4 is 11.1 Å². The molecule has 0 fully saturated rings. The number of carbonyl (C=O) groups excluding carboxylic acids is 2. The third kappa shape index (κ3) is 4.18. The topological polar surface area (TPSA) is 72.2 Å². The predicted molar refractivity (Wildman–Crippen MR) is 83.1 cm³/mol. The lowest BCUT2D eigenvalue weighted by Crippen LogP contribution is -2.15. The van der Waals surface area contributed by atoms with Crippen LogP contribution in [0.3, 0.4) is 0 Å². The van der Waals surface area contributed by atoms with Gasteiger partial charge in [0.1, 0.15) is 0 Å². The van der Waals surface area contributed by atoms with Gasteiger partial charge in [-0.1, -0.05) is 37.3 Å². The van der Waals surface area contributed by atoms with Crippen LogP contribution in [-0.2, 0) is 4.79 Å². The summed E-state index contributed by atoms with van der Waals surface area (Å²) in [6.07, 6.45) is 0.404. The van der Waals surface area contributed by atoms with Gasteiger partial charge in [-0.2, -0.15) is 0 Å². The van der Waals surface area contributed by atoms with Gasteiger partial charge in [-0.15, -0.1) is 0 Å². The molecule has 4 nitrogen and oxygen atoms in total. The first kappa shape index (κ1) is 14.8. The number of amides is 2. The Balaban J connectivity index is 1.94. The Morgan fingerprint density at radius 1 is 1.05 bits per heavy atom. The first-order valence-corrected chi connectivity index (χ1v) is 6.81. The van der Waals surface area contributed by atoms with Crippen LogP contribution in [0.1, 0.15) is 35.2 Å². The molecule has 0 spiro atoms. The van der Waals surface area contributed by atoms with Gasteiger partial charge in [0, 0.05) is 17.7 Å². The molecule has 0 aliphatic rings. The van der Waals surface area contributed by atoms with Crippen molar-refractivity contribution in [2.45, 2.75) is 19.3 Å². The van der Waals surface area contributed by atoms with E-state index in [0.29, 0.717) is 17.7 Å². The van der Waals surface area contributed by atoms with Gasteiger partial charge in [0.05, 0.1) is 0 Å². The second-order valence-corrected chi connectivity index (χ2v) is 5.01. The summed E-state index contributed by atoms with van der Waals surface area (Å²) in [5.41, 5.74) is 7.38. The van der Waals surface area contributed by atoms with Crippen LogP contribution >= 0.6 is 0 Å². The minimum atomic E-state index is -0.481. The molecule has 21 heavy (non-hydrogen) atoms. The van der Waals surface area contributed by atoms with Gasteiger partial charge in [0.2, 0.25) is 11.8 Å². The number of hydrogen-bond acceptors (Lipinski definition) is 2. The van der Waals surface area contributed by atoms with E-state index in [0.717, 1.165) is 5.56 Å². The Labute approximate surface area is 124 Å². The summed E-state index contributed by atoms with van der Waals surface area (Å²) in [6, 6.07) is 16.4. The Morgan fingerprint density at radius 3 is 2.24 bits per heavy atom. The molecule has 0 saturated heterocycles. The van der Waals surface area contributed by atoms with Crippen LogP contribution in [0, 0.1) is 0 Å². The summed E-state index contributed by atoms with van der Waals surface area (Å²) in [5, 5.41) is 2.82. The number of rotatable bonds is 5. The summed E-state index contributed by atoms with van der Waals surface area (Å²) in [4.78, 5) is 23.0. The Kier molecular flexibility index (Phi) is 4.72. The van der Waals surface area contributed by atoms with E-state index in [1.165, 1.54) is 0 Å². The number of nitrogens with two attached hydrogens (primary N) is 1. The molecular weight excluding hydrogens is 264 g/mol. The predicted octanol–water partition coefficient (Wildman–Crippen LogP) is 2.92. The minimum absolute atomic E-state index is 0.0572. The van der Waals surface area contributed by atoms with E-state index >= 15 is 0 Å². The molecule has 0 aliphatic heterocycles. The van der Waals surface area contributed by atoms with Crippen molar-refractivity contribution in [3.63, 3.8) is 0 Å². The number of primary amides is 1. The molecule has 108 valence electrons. The largest absolute Gasteiger partial charge is 0.366 e. The normalized spacial score (nSPS) is 11.7. The van der Waals surface area contributed by atoms with E-state index in [4.69, 9.17) is 5.73 Å². The molecule has 2 rings (SSSR count). The zero-order valence-corrected chi connectivity index (χ0v) is 11.9. The van der Waals surface area contributed by atoms with E-state index in [9.17, 15) is 9.59 Å². The van der Waals surface area contributed by atoms with Gasteiger partial charge in [-0.3, -0.25) is 9.59 Å². The van der Waals surface area contributed by atoms with Crippen LogP contribution in [0.25, 0.3) is 0 Å². The van der Waals surface area contributed by atoms with Crippen molar-refractivity contribution >= 4 is 17.5 Å². The van der Waals surface area contributed by atoms with Gasteiger partial charge in [0.15, 0.2) is 0 Å². The molecule has 4 heteroatoms. The zero-order chi connectivity index (χ0) is 15.2. The highest BCUT2D eigenvalue weighted by atomic mass is 16.2. The fourth-order valence-electron chi connectivity index (χ4n) is 2.11. The number of nitrogens with one attached hydrogen (secondary N) is 1. The summed E-state index contributed by atoms with van der Waals surface area (Å²) in [7, 11) is 0. The summed E-state index contributed by atoms with van der Waals surface area (Å²) >= 11 is 0. The standard InChI is InChI=1S/C17H18N2O2/c1-12(13-5-3-2-4-6-13)11-16(20)19-15-9-7-14(8-10-15)17(18)21/h2-10,12H,11H2,1H3,(H2,18,21)(H,19,20)/t12-/m0/s1. The fourth-order valence-corrected chi connectivity index (χ4v) is 2.11. The van der Waals surface area contributed by atoms with Crippen LogP contribution in [0.5, 0.6) is 0 Å². The van der Waals surface area contributed by atoms with E-state index in [1.807, 2.05) is 37.3 Å². The first-order valence-electron chi connectivity index (χ1n) is 6.81. The number of benzene rings is 2. The number of carbonyl (C=O) groups is 2. The van der Waals surface area contributed by atoms with Crippen molar-refractivity contribution in [3.05, 3.63) is 65.7 Å². The van der Waals surface area contributed by atoms with Crippen molar-refractivity contribution in [1.29, 1.82) is 0 Å². The molecule has 0 bridgehead atoms. The van der Waals surface area contributed by atoms with Gasteiger partial charge >= 0.3 is 0 Å². The molecule has 0 heterocycles. The second-order valence-electron chi connectivity index (χ2n) is 5.01. The number of hydrogen-bond donors (Lipinski definition) is 2. The zero-order valence-electron chi connectivity index (χ0n) is 11.9. The molecule has 2 amide bonds. The summed E-state index contributed by atoms with van der Waals surface area (Å²) in [5.74, 6) is -0.389. The monoisotopic (exact) mass is 282 g/mol. The second kappa shape index (κ2) is 6.70. The van der Waals surface area contributed by atoms with Crippen molar-refractivity contribution in [1.82, 2.24) is 0 Å². The first-order chi connectivity index (χ1) is 10.1. The van der Waals surface area contributed by atoms with Gasteiger partial charge < -0.3 is 11.1 Å². The minimum Gasteiger partial charge on any atom is -0.366 e. The smallest absolute Gasteiger partial charge is 0.248 e. The highest BCUT2D eigenvalue weighted by Gasteiger charge is 2.11. The Bertz CT molecular complexity index is 621. The lowest BCUT2D eigenvalue weighted by Gasteiger charge is -2.12. The van der Waals surface area contributed by atoms with Crippen molar-refractivity contribution in [2.24, 2.45) is 5.73 Å². The Morgan fingerprint density at radius 2 is 1.67 bits per heavy atom. The molecule has 2 aromatic rings. The third-order valence-corrected chi connectivity index (χ3v) is 3.31. The SMILES string of the molecule is C[C@@H](CC(=O)Nc1ccc(C(N)=O)cc1)c1ccccc1. The average Bonchev–Trinajstić information content (AvgIpc) is 2.48. The lowest BCUT2D eigenvalue weighted by atomic mass is 9.97. The molecule has 0 saturated carbocycles. The maximum Gasteiger partial charge on any atom is 0.248 e. The maximum atomic E-state index is 12.0. The molecule has 0 aromatic heterocycles. The van der Waals surface area contributed by atoms with E-state index in [1.54, 1.807) is 24.3 Å². The molecule has 1 atom stereocenters. The van der Waals surface area contributed by atoms with Crippen LogP contribution in [-0.4, -0.2) is 11.8 Å². The molecule has 2 aromatic carbocycles. The third-order valence-electron chi connectivity index (χ3n) is 3.31. The molecule has 0 radical (unpaired) electrons. The van der Waals surface area contributed by atoms with E-state index in [2.05, 4.69) is 5.32 Å². The molecule has 0 aliphatic carbocycles. The van der Waals surface area contributed by atoms with Gasteiger partial charge in [-0.25, -0.2) is 0 Å². The average molecular weight is 282 g/mol. The summed E-state index contributed by atoms with van der Waals surface area (Å²) in [6.45, 7) is 2.02. The molecular formula is C17H18N2O2. The molecule has 0 unspecified atom stereocenters. The molecule has 3 N–H and O–H groups in total. The summed E-state index contributed by atoms with van der Waals surface area (Å²) < 4.78 is 0. The van der Waals surface area contributed by atoms with Crippen molar-refractivity contribution in [2.75, 3.05) is 5.32 Å².